The van der Waals surface area contributed by atoms with Gasteiger partial charge >= 0.3 is 0 Å². The van der Waals surface area contributed by atoms with E-state index in [1.165, 1.54) is 12.8 Å². The molecule has 1 aliphatic rings. The average molecular weight is 282 g/mol. The van der Waals surface area contributed by atoms with Crippen molar-refractivity contribution in [2.75, 3.05) is 7.11 Å². The molecule has 1 fully saturated rings. The molecule has 0 amide bonds. The fraction of sp³-hybridized carbons (Fsp3) is 0.625. The number of rotatable bonds is 2. The molecule has 0 heterocycles. The van der Waals surface area contributed by atoms with E-state index in [1.807, 2.05) is 18.2 Å². The zero-order chi connectivity index (χ0) is 14.1. The van der Waals surface area contributed by atoms with Crippen LogP contribution < -0.4 is 10.5 Å². The van der Waals surface area contributed by atoms with Gasteiger partial charge in [-0.25, -0.2) is 0 Å². The van der Waals surface area contributed by atoms with Crippen LogP contribution in [0, 0.1) is 5.41 Å². The van der Waals surface area contributed by atoms with Crippen molar-refractivity contribution in [3.8, 4) is 5.75 Å². The minimum absolute atomic E-state index is 0.244. The Balaban J connectivity index is 2.29. The molecule has 1 aromatic rings. The summed E-state index contributed by atoms with van der Waals surface area (Å²) in [7, 11) is 1.64. The van der Waals surface area contributed by atoms with Crippen LogP contribution in [0.25, 0.3) is 0 Å². The Kier molecular flexibility index (Phi) is 4.12. The van der Waals surface area contributed by atoms with Crippen molar-refractivity contribution in [2.45, 2.75) is 51.5 Å². The molecule has 0 saturated heterocycles. The van der Waals surface area contributed by atoms with E-state index >= 15 is 0 Å². The molecule has 0 radical (unpaired) electrons. The lowest BCUT2D eigenvalue weighted by Gasteiger charge is -2.30. The Morgan fingerprint density at radius 3 is 2.58 bits per heavy atom. The predicted molar refractivity (Wildman–Crippen MR) is 80.7 cm³/mol. The third-order valence-corrected chi connectivity index (χ3v) is 4.76. The molecular formula is C16H24ClNO. The molecule has 2 nitrogen and oxygen atoms in total. The van der Waals surface area contributed by atoms with Gasteiger partial charge in [-0.1, -0.05) is 37.9 Å². The van der Waals surface area contributed by atoms with E-state index in [-0.39, 0.29) is 5.54 Å². The first-order chi connectivity index (χ1) is 8.86. The molecule has 0 aromatic heterocycles. The van der Waals surface area contributed by atoms with Gasteiger partial charge in [0, 0.05) is 5.54 Å². The first-order valence-corrected chi connectivity index (χ1v) is 7.37. The molecular weight excluding hydrogens is 258 g/mol. The Labute approximate surface area is 121 Å². The van der Waals surface area contributed by atoms with Crippen LogP contribution >= 0.6 is 11.6 Å². The summed E-state index contributed by atoms with van der Waals surface area (Å²) in [6.45, 7) is 4.67. The SMILES string of the molecule is COc1cc(C2(N)CCCC(C)(C)CC2)ccc1Cl. The van der Waals surface area contributed by atoms with Crippen LogP contribution in [0.3, 0.4) is 0 Å². The lowest BCUT2D eigenvalue weighted by atomic mass is 9.81. The van der Waals surface area contributed by atoms with Gasteiger partial charge in [0.25, 0.3) is 0 Å². The molecule has 106 valence electrons. The number of benzene rings is 1. The molecule has 2 N–H and O–H groups in total. The topological polar surface area (TPSA) is 35.2 Å². The highest BCUT2D eigenvalue weighted by molar-refractivity contribution is 6.32. The van der Waals surface area contributed by atoms with E-state index in [2.05, 4.69) is 13.8 Å². The van der Waals surface area contributed by atoms with Crippen molar-refractivity contribution in [3.63, 3.8) is 0 Å². The van der Waals surface area contributed by atoms with Gasteiger partial charge in [0.1, 0.15) is 5.75 Å². The maximum Gasteiger partial charge on any atom is 0.137 e. The largest absolute Gasteiger partial charge is 0.495 e. The highest BCUT2D eigenvalue weighted by Crippen LogP contribution is 2.42. The fourth-order valence-electron chi connectivity index (χ4n) is 2.95. The molecule has 0 aliphatic heterocycles. The number of nitrogens with two attached hydrogens (primary N) is 1. The van der Waals surface area contributed by atoms with Crippen LogP contribution in [0.1, 0.15) is 51.5 Å². The highest BCUT2D eigenvalue weighted by atomic mass is 35.5. The normalized spacial score (nSPS) is 26.8. The fourth-order valence-corrected chi connectivity index (χ4v) is 3.15. The van der Waals surface area contributed by atoms with Crippen molar-refractivity contribution < 1.29 is 4.74 Å². The maximum atomic E-state index is 6.68. The second-order valence-corrected chi connectivity index (χ2v) is 6.93. The maximum absolute atomic E-state index is 6.68. The number of hydrogen-bond donors (Lipinski definition) is 1. The minimum Gasteiger partial charge on any atom is -0.495 e. The van der Waals surface area contributed by atoms with Crippen molar-refractivity contribution in [2.24, 2.45) is 11.1 Å². The van der Waals surface area contributed by atoms with E-state index in [0.717, 1.165) is 24.8 Å². The average Bonchev–Trinajstić information content (AvgIpc) is 2.50. The lowest BCUT2D eigenvalue weighted by molar-refractivity contribution is 0.299. The van der Waals surface area contributed by atoms with Crippen molar-refractivity contribution >= 4 is 11.6 Å². The minimum atomic E-state index is -0.244. The third-order valence-electron chi connectivity index (χ3n) is 4.45. The molecule has 0 spiro atoms. The van der Waals surface area contributed by atoms with E-state index in [9.17, 15) is 0 Å². The monoisotopic (exact) mass is 281 g/mol. The quantitative estimate of drug-likeness (QED) is 0.811. The third kappa shape index (κ3) is 3.24. The second kappa shape index (κ2) is 5.34. The van der Waals surface area contributed by atoms with Crippen LogP contribution in [-0.2, 0) is 5.54 Å². The van der Waals surface area contributed by atoms with E-state index < -0.39 is 0 Å². The lowest BCUT2D eigenvalue weighted by Crippen LogP contribution is -2.36. The van der Waals surface area contributed by atoms with Crippen molar-refractivity contribution in [3.05, 3.63) is 28.8 Å². The Hall–Kier alpha value is -0.730. The molecule has 1 saturated carbocycles. The smallest absolute Gasteiger partial charge is 0.137 e. The molecule has 2 rings (SSSR count). The summed E-state index contributed by atoms with van der Waals surface area (Å²) in [4.78, 5) is 0. The predicted octanol–water partition coefficient (Wildman–Crippen LogP) is 4.49. The Bertz CT molecular complexity index is 458. The van der Waals surface area contributed by atoms with Gasteiger partial charge in [-0.3, -0.25) is 0 Å². The van der Waals surface area contributed by atoms with Gasteiger partial charge in [0.2, 0.25) is 0 Å². The summed E-state index contributed by atoms with van der Waals surface area (Å²) < 4.78 is 5.31. The van der Waals surface area contributed by atoms with Gasteiger partial charge in [-0.2, -0.15) is 0 Å². The van der Waals surface area contributed by atoms with Gasteiger partial charge in [-0.05, 0) is 48.8 Å². The Morgan fingerprint density at radius 2 is 1.89 bits per heavy atom. The van der Waals surface area contributed by atoms with E-state index in [4.69, 9.17) is 22.1 Å². The zero-order valence-corrected chi connectivity index (χ0v) is 12.9. The molecule has 1 aromatic carbocycles. The van der Waals surface area contributed by atoms with E-state index in [1.54, 1.807) is 7.11 Å². The number of ether oxygens (including phenoxy) is 1. The van der Waals surface area contributed by atoms with Crippen molar-refractivity contribution in [1.29, 1.82) is 0 Å². The van der Waals surface area contributed by atoms with Crippen LogP contribution in [0.15, 0.2) is 18.2 Å². The second-order valence-electron chi connectivity index (χ2n) is 6.52. The summed E-state index contributed by atoms with van der Waals surface area (Å²) >= 11 is 6.09. The zero-order valence-electron chi connectivity index (χ0n) is 12.1. The van der Waals surface area contributed by atoms with Gasteiger partial charge < -0.3 is 10.5 Å². The van der Waals surface area contributed by atoms with Gasteiger partial charge in [0.05, 0.1) is 12.1 Å². The number of methoxy groups -OCH3 is 1. The van der Waals surface area contributed by atoms with Crippen LogP contribution in [0.2, 0.25) is 5.02 Å². The first kappa shape index (κ1) is 14.7. The van der Waals surface area contributed by atoms with Crippen LogP contribution in [0.5, 0.6) is 5.75 Å². The standard InChI is InChI=1S/C16H24ClNO/c1-15(2)7-4-8-16(18,10-9-15)12-5-6-13(17)14(11-12)19-3/h5-6,11H,4,7-10,18H2,1-3H3. The van der Waals surface area contributed by atoms with Gasteiger partial charge in [-0.15, -0.1) is 0 Å². The summed E-state index contributed by atoms with van der Waals surface area (Å²) in [6.07, 6.45) is 5.63. The molecule has 1 aliphatic carbocycles. The van der Waals surface area contributed by atoms with Gasteiger partial charge in [0.15, 0.2) is 0 Å². The summed E-state index contributed by atoms with van der Waals surface area (Å²) in [6, 6.07) is 5.93. The molecule has 3 heteroatoms. The highest BCUT2D eigenvalue weighted by Gasteiger charge is 2.34. The molecule has 19 heavy (non-hydrogen) atoms. The summed E-state index contributed by atoms with van der Waals surface area (Å²) in [5.74, 6) is 0.715. The van der Waals surface area contributed by atoms with E-state index in [0.29, 0.717) is 16.2 Å². The molecule has 0 bridgehead atoms. The Morgan fingerprint density at radius 1 is 1.16 bits per heavy atom. The molecule has 1 unspecified atom stereocenters. The van der Waals surface area contributed by atoms with Crippen LogP contribution in [0.4, 0.5) is 0 Å². The van der Waals surface area contributed by atoms with Crippen molar-refractivity contribution in [1.82, 2.24) is 0 Å². The molecule has 1 atom stereocenters. The van der Waals surface area contributed by atoms with Crippen LogP contribution in [-0.4, -0.2) is 7.11 Å². The summed E-state index contributed by atoms with van der Waals surface area (Å²) in [5, 5.41) is 0.642. The number of halogens is 1. The number of hydrogen-bond acceptors (Lipinski definition) is 2. The first-order valence-electron chi connectivity index (χ1n) is 6.99. The summed E-state index contributed by atoms with van der Waals surface area (Å²) in [5.41, 5.74) is 7.98.